The zero-order valence-corrected chi connectivity index (χ0v) is 16.2. The first-order valence-corrected chi connectivity index (χ1v) is 10.5. The molecule has 1 aromatic carbocycles. The van der Waals surface area contributed by atoms with Crippen LogP contribution in [0.3, 0.4) is 0 Å². The Labute approximate surface area is 164 Å². The summed E-state index contributed by atoms with van der Waals surface area (Å²) in [6.07, 6.45) is 8.87. The third kappa shape index (κ3) is 5.84. The summed E-state index contributed by atoms with van der Waals surface area (Å²) in [6.45, 7) is 2.25. The van der Waals surface area contributed by atoms with Crippen LogP contribution in [-0.2, 0) is 16.0 Å². The van der Waals surface area contributed by atoms with Crippen LogP contribution in [0.15, 0.2) is 47.0 Å². The molecule has 3 rings (SSSR count). The normalized spacial score (nSPS) is 20.2. The van der Waals surface area contributed by atoms with Gasteiger partial charge in [0.15, 0.2) is 0 Å². The first-order chi connectivity index (χ1) is 13.1. The summed E-state index contributed by atoms with van der Waals surface area (Å²) in [5.74, 6) is -0.292. The lowest BCUT2D eigenvalue weighted by Crippen LogP contribution is -2.37. The molecule has 1 N–H and O–H groups in total. The fraction of sp³-hybridized carbons (Fsp3) is 0.476. The van der Waals surface area contributed by atoms with E-state index in [0.717, 1.165) is 61.7 Å². The van der Waals surface area contributed by atoms with Crippen molar-refractivity contribution in [1.29, 1.82) is 0 Å². The van der Waals surface area contributed by atoms with E-state index in [0.29, 0.717) is 5.57 Å². The third-order valence-electron chi connectivity index (χ3n) is 4.82. The highest BCUT2D eigenvalue weighted by molar-refractivity contribution is 8.03. The number of aliphatic carboxylic acids is 1. The Morgan fingerprint density at radius 1 is 1.30 bits per heavy atom. The molecule has 6 heteroatoms. The molecule has 1 aromatic rings. The van der Waals surface area contributed by atoms with Gasteiger partial charge in [0.2, 0.25) is 0 Å². The molecule has 27 heavy (non-hydrogen) atoms. The molecule has 146 valence electrons. The maximum Gasteiger partial charge on any atom is 0.338 e. The Morgan fingerprint density at radius 2 is 2.11 bits per heavy atom. The molecular formula is C21H26FNO3S. The third-order valence-corrected chi connectivity index (χ3v) is 6.06. The van der Waals surface area contributed by atoms with E-state index < -0.39 is 5.97 Å². The molecule has 2 aliphatic rings. The average molecular weight is 392 g/mol. The van der Waals surface area contributed by atoms with Crippen LogP contribution in [0.2, 0.25) is 0 Å². The molecule has 1 saturated heterocycles. The number of aryl methyl sites for hydroxylation is 1. The van der Waals surface area contributed by atoms with Crippen molar-refractivity contribution in [3.8, 4) is 0 Å². The van der Waals surface area contributed by atoms with Crippen molar-refractivity contribution in [2.45, 2.75) is 38.2 Å². The van der Waals surface area contributed by atoms with Gasteiger partial charge in [-0.15, -0.1) is 11.8 Å². The highest BCUT2D eigenvalue weighted by Crippen LogP contribution is 2.30. The fourth-order valence-corrected chi connectivity index (χ4v) is 4.53. The van der Waals surface area contributed by atoms with Gasteiger partial charge in [-0.1, -0.05) is 18.2 Å². The number of ether oxygens (including phenoxy) is 1. The van der Waals surface area contributed by atoms with Crippen LogP contribution in [0.25, 0.3) is 0 Å². The van der Waals surface area contributed by atoms with E-state index in [9.17, 15) is 14.3 Å². The number of rotatable bonds is 8. The Kier molecular flexibility index (Phi) is 7.35. The molecular weight excluding hydrogens is 365 g/mol. The summed E-state index contributed by atoms with van der Waals surface area (Å²) in [4.78, 5) is 13.8. The maximum absolute atomic E-state index is 13.0. The maximum atomic E-state index is 13.0. The van der Waals surface area contributed by atoms with Gasteiger partial charge in [-0.05, 0) is 61.6 Å². The number of nitrogens with zero attached hydrogens (tertiary/aromatic N) is 1. The van der Waals surface area contributed by atoms with Gasteiger partial charge < -0.3 is 14.7 Å². The van der Waals surface area contributed by atoms with E-state index in [1.54, 1.807) is 30.0 Å². The summed E-state index contributed by atoms with van der Waals surface area (Å²) < 4.78 is 18.8. The Bertz CT molecular complexity index is 696. The number of thioether (sulfide) groups is 1. The molecule has 0 aromatic heterocycles. The van der Waals surface area contributed by atoms with Crippen LogP contribution in [-0.4, -0.2) is 47.5 Å². The molecule has 1 fully saturated rings. The lowest BCUT2D eigenvalue weighted by Gasteiger charge is -2.34. The number of carboxylic acid groups (broad SMARTS) is 1. The zero-order chi connectivity index (χ0) is 19.1. The molecule has 0 aliphatic carbocycles. The molecule has 0 saturated carbocycles. The van der Waals surface area contributed by atoms with Gasteiger partial charge in [0.1, 0.15) is 5.82 Å². The molecule has 0 amide bonds. The summed E-state index contributed by atoms with van der Waals surface area (Å²) in [7, 11) is 0. The van der Waals surface area contributed by atoms with E-state index in [1.165, 1.54) is 18.6 Å². The predicted molar refractivity (Wildman–Crippen MR) is 106 cm³/mol. The Balaban J connectivity index is 1.59. The predicted octanol–water partition coefficient (Wildman–Crippen LogP) is 4.23. The first kappa shape index (κ1) is 20.0. The Morgan fingerprint density at radius 3 is 2.81 bits per heavy atom. The van der Waals surface area contributed by atoms with Crippen molar-refractivity contribution in [3.63, 3.8) is 0 Å². The second-order valence-corrected chi connectivity index (χ2v) is 7.98. The molecule has 0 radical (unpaired) electrons. The molecule has 0 spiro atoms. The summed E-state index contributed by atoms with van der Waals surface area (Å²) in [6, 6.07) is 6.56. The smallest absolute Gasteiger partial charge is 0.338 e. The molecule has 1 unspecified atom stereocenters. The topological polar surface area (TPSA) is 49.8 Å². The van der Waals surface area contributed by atoms with E-state index in [-0.39, 0.29) is 11.9 Å². The van der Waals surface area contributed by atoms with Gasteiger partial charge in [0.25, 0.3) is 0 Å². The van der Waals surface area contributed by atoms with Gasteiger partial charge >= 0.3 is 5.97 Å². The van der Waals surface area contributed by atoms with Crippen LogP contribution in [0.4, 0.5) is 4.39 Å². The van der Waals surface area contributed by atoms with Crippen molar-refractivity contribution in [2.24, 2.45) is 0 Å². The number of benzene rings is 1. The first-order valence-electron chi connectivity index (χ1n) is 9.51. The molecule has 4 nitrogen and oxygen atoms in total. The van der Waals surface area contributed by atoms with Crippen LogP contribution < -0.4 is 0 Å². The van der Waals surface area contributed by atoms with Crippen molar-refractivity contribution in [3.05, 3.63) is 58.4 Å². The van der Waals surface area contributed by atoms with E-state index in [2.05, 4.69) is 4.90 Å². The number of hydrogen-bond acceptors (Lipinski definition) is 4. The summed E-state index contributed by atoms with van der Waals surface area (Å²) in [5.41, 5.74) is 1.46. The minimum Gasteiger partial charge on any atom is -0.478 e. The van der Waals surface area contributed by atoms with Crippen LogP contribution in [0.5, 0.6) is 0 Å². The number of hydrogen-bond donors (Lipinski definition) is 1. The monoisotopic (exact) mass is 391 g/mol. The van der Waals surface area contributed by atoms with Crippen molar-refractivity contribution in [1.82, 2.24) is 4.90 Å². The lowest BCUT2D eigenvalue weighted by molar-refractivity contribution is -0.132. The van der Waals surface area contributed by atoms with Crippen molar-refractivity contribution < 1.29 is 19.0 Å². The van der Waals surface area contributed by atoms with E-state index >= 15 is 0 Å². The quantitative estimate of drug-likeness (QED) is 0.672. The number of carboxylic acids is 1. The number of carbonyl (C=O) groups is 1. The largest absolute Gasteiger partial charge is 0.478 e. The molecule has 0 bridgehead atoms. The van der Waals surface area contributed by atoms with Gasteiger partial charge in [-0.25, -0.2) is 9.18 Å². The van der Waals surface area contributed by atoms with Crippen LogP contribution in [0, 0.1) is 5.82 Å². The second kappa shape index (κ2) is 9.95. The molecule has 2 aliphatic heterocycles. The molecule has 1 atom stereocenters. The SMILES string of the molecule is O=C(O)C1=C(SCCCc2ccc(F)cc2)N(CC2CCCCO2)CC=C1. The van der Waals surface area contributed by atoms with Gasteiger partial charge in [0.05, 0.1) is 16.7 Å². The highest BCUT2D eigenvalue weighted by atomic mass is 32.2. The van der Waals surface area contributed by atoms with E-state index in [1.807, 2.05) is 6.08 Å². The number of halogens is 1. The Hall–Kier alpha value is -1.79. The molecule has 2 heterocycles. The highest BCUT2D eigenvalue weighted by Gasteiger charge is 2.25. The minimum atomic E-state index is -0.887. The zero-order valence-electron chi connectivity index (χ0n) is 15.4. The van der Waals surface area contributed by atoms with Gasteiger partial charge in [-0.2, -0.15) is 0 Å². The fourth-order valence-electron chi connectivity index (χ4n) is 3.41. The van der Waals surface area contributed by atoms with Crippen LogP contribution >= 0.6 is 11.8 Å². The van der Waals surface area contributed by atoms with E-state index in [4.69, 9.17) is 4.74 Å². The lowest BCUT2D eigenvalue weighted by atomic mass is 10.1. The summed E-state index contributed by atoms with van der Waals surface area (Å²) >= 11 is 1.60. The minimum absolute atomic E-state index is 0.176. The summed E-state index contributed by atoms with van der Waals surface area (Å²) in [5, 5.41) is 10.4. The average Bonchev–Trinajstić information content (AvgIpc) is 2.68. The van der Waals surface area contributed by atoms with Gasteiger partial charge in [-0.3, -0.25) is 0 Å². The van der Waals surface area contributed by atoms with Crippen molar-refractivity contribution >= 4 is 17.7 Å². The standard InChI is InChI=1S/C21H26FNO3S/c22-17-10-8-16(9-11-17)5-4-14-27-20-19(21(24)25)7-3-12-23(20)15-18-6-1-2-13-26-18/h3,7-11,18H,1-2,4-6,12-15H2,(H,24,25). The van der Waals surface area contributed by atoms with Crippen molar-refractivity contribution in [2.75, 3.05) is 25.4 Å². The van der Waals surface area contributed by atoms with Gasteiger partial charge in [0, 0.05) is 19.7 Å². The van der Waals surface area contributed by atoms with Crippen LogP contribution in [0.1, 0.15) is 31.2 Å². The second-order valence-electron chi connectivity index (χ2n) is 6.90.